The van der Waals surface area contributed by atoms with Gasteiger partial charge < -0.3 is 10.1 Å². The molecule has 0 aromatic carbocycles. The lowest BCUT2D eigenvalue weighted by Crippen LogP contribution is -2.29. The van der Waals surface area contributed by atoms with E-state index in [1.54, 1.807) is 6.20 Å². The van der Waals surface area contributed by atoms with Crippen LogP contribution in [0.3, 0.4) is 0 Å². The maximum Gasteiger partial charge on any atom is 0.222 e. The second-order valence-electron chi connectivity index (χ2n) is 4.72. The molecule has 1 atom stereocenters. The molecule has 1 aliphatic heterocycles. The van der Waals surface area contributed by atoms with Crippen LogP contribution in [0, 0.1) is 5.92 Å². The molecule has 4 nitrogen and oxygen atoms in total. The van der Waals surface area contributed by atoms with E-state index in [0.29, 0.717) is 6.61 Å². The molecule has 2 rings (SSSR count). The fourth-order valence-electron chi connectivity index (χ4n) is 2.27. The van der Waals surface area contributed by atoms with E-state index in [2.05, 4.69) is 15.3 Å². The molecule has 1 aliphatic rings. The normalized spacial score (nSPS) is 19.9. The second kappa shape index (κ2) is 7.67. The number of halogens is 1. The molecule has 18 heavy (non-hydrogen) atoms. The van der Waals surface area contributed by atoms with Gasteiger partial charge in [0.15, 0.2) is 0 Å². The van der Waals surface area contributed by atoms with Gasteiger partial charge in [-0.15, -0.1) is 0 Å². The van der Waals surface area contributed by atoms with Gasteiger partial charge in [-0.1, -0.05) is 0 Å². The standard InChI is InChI=1S/C13H20ClN3O/c14-13-16-7-5-12(17-13)10-18-8-2-4-11-3-1-6-15-9-11/h5,7,11,15H,1-4,6,8-10H2/t11-/m1/s1. The highest BCUT2D eigenvalue weighted by Crippen LogP contribution is 2.15. The molecule has 1 saturated heterocycles. The Hall–Kier alpha value is -0.710. The van der Waals surface area contributed by atoms with Crippen molar-refractivity contribution in [1.29, 1.82) is 0 Å². The van der Waals surface area contributed by atoms with Gasteiger partial charge in [0.2, 0.25) is 5.28 Å². The van der Waals surface area contributed by atoms with Crippen molar-refractivity contribution in [1.82, 2.24) is 15.3 Å². The first kappa shape index (κ1) is 13.7. The summed E-state index contributed by atoms with van der Waals surface area (Å²) in [6.45, 7) is 3.66. The first-order chi connectivity index (χ1) is 8.84. The van der Waals surface area contributed by atoms with Crippen molar-refractivity contribution in [2.75, 3.05) is 19.7 Å². The molecular formula is C13H20ClN3O. The van der Waals surface area contributed by atoms with Gasteiger partial charge in [-0.05, 0) is 62.4 Å². The van der Waals surface area contributed by atoms with Crippen molar-refractivity contribution in [2.24, 2.45) is 5.92 Å². The molecule has 0 aliphatic carbocycles. The number of nitrogens with zero attached hydrogens (tertiary/aromatic N) is 2. The summed E-state index contributed by atoms with van der Waals surface area (Å²) >= 11 is 5.70. The van der Waals surface area contributed by atoms with Gasteiger partial charge in [0.05, 0.1) is 12.3 Å². The summed E-state index contributed by atoms with van der Waals surface area (Å²) in [4.78, 5) is 7.92. The van der Waals surface area contributed by atoms with E-state index in [1.165, 1.54) is 32.4 Å². The van der Waals surface area contributed by atoms with Gasteiger partial charge in [-0.2, -0.15) is 0 Å². The topological polar surface area (TPSA) is 47.0 Å². The zero-order valence-electron chi connectivity index (χ0n) is 10.6. The highest BCUT2D eigenvalue weighted by atomic mass is 35.5. The Morgan fingerprint density at radius 3 is 3.22 bits per heavy atom. The quantitative estimate of drug-likeness (QED) is 0.636. The van der Waals surface area contributed by atoms with Crippen LogP contribution in [0.2, 0.25) is 5.28 Å². The zero-order valence-corrected chi connectivity index (χ0v) is 11.3. The number of aromatic nitrogens is 2. The number of nitrogens with one attached hydrogen (secondary N) is 1. The molecular weight excluding hydrogens is 250 g/mol. The minimum atomic E-state index is 0.282. The number of piperidine rings is 1. The third kappa shape index (κ3) is 4.88. The summed E-state index contributed by atoms with van der Waals surface area (Å²) in [6, 6.07) is 1.83. The van der Waals surface area contributed by atoms with Crippen LogP contribution in [-0.2, 0) is 11.3 Å². The van der Waals surface area contributed by atoms with E-state index >= 15 is 0 Å². The van der Waals surface area contributed by atoms with Crippen LogP contribution in [-0.4, -0.2) is 29.7 Å². The lowest BCUT2D eigenvalue weighted by atomic mass is 9.95. The van der Waals surface area contributed by atoms with Gasteiger partial charge in [0.25, 0.3) is 0 Å². The van der Waals surface area contributed by atoms with E-state index in [4.69, 9.17) is 16.3 Å². The molecule has 100 valence electrons. The average Bonchev–Trinajstić information content (AvgIpc) is 2.40. The van der Waals surface area contributed by atoms with Gasteiger partial charge >= 0.3 is 0 Å². The highest BCUT2D eigenvalue weighted by molar-refractivity contribution is 6.28. The molecule has 5 heteroatoms. The van der Waals surface area contributed by atoms with Gasteiger partial charge in [0.1, 0.15) is 0 Å². The number of hydrogen-bond donors (Lipinski definition) is 1. The van der Waals surface area contributed by atoms with Crippen molar-refractivity contribution in [3.8, 4) is 0 Å². The maximum absolute atomic E-state index is 5.70. The minimum Gasteiger partial charge on any atom is -0.375 e. The SMILES string of the molecule is Clc1nccc(COCCC[C@H]2CCCNC2)n1. The van der Waals surface area contributed by atoms with Crippen LogP contribution in [0.5, 0.6) is 0 Å². The molecule has 0 bridgehead atoms. The van der Waals surface area contributed by atoms with E-state index < -0.39 is 0 Å². The Kier molecular flexibility index (Phi) is 5.84. The van der Waals surface area contributed by atoms with Crippen molar-refractivity contribution in [2.45, 2.75) is 32.3 Å². The summed E-state index contributed by atoms with van der Waals surface area (Å²) in [5.74, 6) is 0.829. The van der Waals surface area contributed by atoms with E-state index in [1.807, 2.05) is 6.07 Å². The first-order valence-corrected chi connectivity index (χ1v) is 6.98. The molecule has 1 aromatic heterocycles. The molecule has 1 N–H and O–H groups in total. The second-order valence-corrected chi connectivity index (χ2v) is 5.06. The lowest BCUT2D eigenvalue weighted by Gasteiger charge is -2.22. The summed E-state index contributed by atoms with van der Waals surface area (Å²) in [5, 5.41) is 3.72. The van der Waals surface area contributed by atoms with Gasteiger partial charge in [-0.25, -0.2) is 9.97 Å². The Morgan fingerprint density at radius 2 is 2.44 bits per heavy atom. The molecule has 0 spiro atoms. The summed E-state index contributed by atoms with van der Waals surface area (Å²) in [5.41, 5.74) is 0.842. The van der Waals surface area contributed by atoms with E-state index in [0.717, 1.165) is 24.6 Å². The Bertz CT molecular complexity index is 356. The zero-order chi connectivity index (χ0) is 12.6. The summed E-state index contributed by atoms with van der Waals surface area (Å²) in [6.07, 6.45) is 6.68. The third-order valence-electron chi connectivity index (χ3n) is 3.23. The van der Waals surface area contributed by atoms with Crippen LogP contribution < -0.4 is 5.32 Å². The van der Waals surface area contributed by atoms with Crippen molar-refractivity contribution < 1.29 is 4.74 Å². The Morgan fingerprint density at radius 1 is 1.50 bits per heavy atom. The monoisotopic (exact) mass is 269 g/mol. The molecule has 1 aromatic rings. The maximum atomic E-state index is 5.70. The molecule has 0 radical (unpaired) electrons. The lowest BCUT2D eigenvalue weighted by molar-refractivity contribution is 0.110. The Labute approximate surface area is 113 Å². The molecule has 0 unspecified atom stereocenters. The molecule has 2 heterocycles. The molecule has 1 fully saturated rings. The number of rotatable bonds is 6. The van der Waals surface area contributed by atoms with Crippen LogP contribution >= 0.6 is 11.6 Å². The summed E-state index contributed by atoms with van der Waals surface area (Å²) in [7, 11) is 0. The highest BCUT2D eigenvalue weighted by Gasteiger charge is 2.11. The van der Waals surface area contributed by atoms with Crippen LogP contribution in [0.4, 0.5) is 0 Å². The number of ether oxygens (including phenoxy) is 1. The summed E-state index contributed by atoms with van der Waals surface area (Å²) < 4.78 is 5.60. The van der Waals surface area contributed by atoms with E-state index in [-0.39, 0.29) is 5.28 Å². The smallest absolute Gasteiger partial charge is 0.222 e. The Balaban J connectivity index is 1.55. The molecule has 0 amide bonds. The van der Waals surface area contributed by atoms with Crippen molar-refractivity contribution >= 4 is 11.6 Å². The van der Waals surface area contributed by atoms with E-state index in [9.17, 15) is 0 Å². The van der Waals surface area contributed by atoms with Crippen LogP contribution in [0.15, 0.2) is 12.3 Å². The molecule has 0 saturated carbocycles. The van der Waals surface area contributed by atoms with Gasteiger partial charge in [0, 0.05) is 12.8 Å². The fourth-order valence-corrected chi connectivity index (χ4v) is 2.44. The van der Waals surface area contributed by atoms with Crippen molar-refractivity contribution in [3.63, 3.8) is 0 Å². The largest absolute Gasteiger partial charge is 0.375 e. The van der Waals surface area contributed by atoms with Crippen LogP contribution in [0.1, 0.15) is 31.4 Å². The van der Waals surface area contributed by atoms with Crippen molar-refractivity contribution in [3.05, 3.63) is 23.2 Å². The predicted molar refractivity (Wildman–Crippen MR) is 71.5 cm³/mol. The first-order valence-electron chi connectivity index (χ1n) is 6.60. The average molecular weight is 270 g/mol. The predicted octanol–water partition coefficient (Wildman–Crippen LogP) is 2.43. The minimum absolute atomic E-state index is 0.282. The third-order valence-corrected chi connectivity index (χ3v) is 3.42. The van der Waals surface area contributed by atoms with Crippen LogP contribution in [0.25, 0.3) is 0 Å². The van der Waals surface area contributed by atoms with Gasteiger partial charge in [-0.3, -0.25) is 0 Å². The number of hydrogen-bond acceptors (Lipinski definition) is 4. The fraction of sp³-hybridized carbons (Fsp3) is 0.692.